The zero-order valence-corrected chi connectivity index (χ0v) is 17.9. The number of piperidine rings is 1. The van der Waals surface area contributed by atoms with E-state index in [1.807, 2.05) is 6.20 Å². The minimum atomic E-state index is 0.115. The highest BCUT2D eigenvalue weighted by Gasteiger charge is 2.58. The van der Waals surface area contributed by atoms with Gasteiger partial charge in [0.15, 0.2) is 0 Å². The molecule has 0 unspecified atom stereocenters. The Morgan fingerprint density at radius 2 is 1.93 bits per heavy atom. The van der Waals surface area contributed by atoms with Gasteiger partial charge in [-0.25, -0.2) is 4.98 Å². The Hall–Kier alpha value is -1.92. The van der Waals surface area contributed by atoms with Gasteiger partial charge in [-0.05, 0) is 37.8 Å². The first-order chi connectivity index (χ1) is 13.9. The largest absolute Gasteiger partial charge is 0.378 e. The zero-order valence-electron chi connectivity index (χ0n) is 17.9. The number of ether oxygens (including phenoxy) is 1. The van der Waals surface area contributed by atoms with Crippen molar-refractivity contribution >= 4 is 5.82 Å². The Kier molecular flexibility index (Phi) is 3.73. The third kappa shape index (κ3) is 2.68. The van der Waals surface area contributed by atoms with Crippen LogP contribution in [0.15, 0.2) is 18.3 Å². The minimum Gasteiger partial charge on any atom is -0.378 e. The Balaban J connectivity index is 1.29. The average Bonchev–Trinajstić information content (AvgIpc) is 3.02. The molecule has 2 aromatic heterocycles. The van der Waals surface area contributed by atoms with Crippen molar-refractivity contribution < 1.29 is 4.74 Å². The number of rotatable bonds is 4. The van der Waals surface area contributed by atoms with E-state index in [2.05, 4.69) is 54.7 Å². The maximum atomic E-state index is 5.39. The van der Waals surface area contributed by atoms with Crippen LogP contribution in [0, 0.1) is 11.8 Å². The molecule has 1 aliphatic carbocycles. The number of fused-ring (bicyclic) bond motifs is 2. The lowest BCUT2D eigenvalue weighted by molar-refractivity contribution is -0.0610. The summed E-state index contributed by atoms with van der Waals surface area (Å²) in [4.78, 5) is 7.34. The van der Waals surface area contributed by atoms with Crippen LogP contribution >= 0.6 is 0 Å². The highest BCUT2D eigenvalue weighted by molar-refractivity contribution is 5.66. The second-order valence-electron chi connectivity index (χ2n) is 10.3. The summed E-state index contributed by atoms with van der Waals surface area (Å²) in [6.07, 6.45) is 1.98. The number of nitrogens with one attached hydrogen (secondary N) is 1. The van der Waals surface area contributed by atoms with Gasteiger partial charge < -0.3 is 10.1 Å². The molecular weight excluding hydrogens is 362 g/mol. The molecule has 1 saturated carbocycles. The standard InChI is InChI=1S/C23H31N5O/c1-13(2)28-20(21-16-8-27(9-17(16)21)15-10-29-11-15)6-19(26-28)14-5-18-22(24-7-14)25-12-23(18,3)4/h5-7,13,15-17,21H,8-12H2,1-4H3,(H,24,25)/t16-,17+,21+. The monoisotopic (exact) mass is 393 g/mol. The van der Waals surface area contributed by atoms with Crippen LogP contribution in [0.4, 0.5) is 5.82 Å². The predicted octanol–water partition coefficient (Wildman–Crippen LogP) is 3.27. The summed E-state index contributed by atoms with van der Waals surface area (Å²) in [6.45, 7) is 14.3. The summed E-state index contributed by atoms with van der Waals surface area (Å²) < 4.78 is 7.66. The summed E-state index contributed by atoms with van der Waals surface area (Å²) in [5, 5.41) is 8.48. The molecule has 3 atom stereocenters. The first kappa shape index (κ1) is 17.9. The van der Waals surface area contributed by atoms with Gasteiger partial charge >= 0.3 is 0 Å². The average molecular weight is 394 g/mol. The zero-order chi connectivity index (χ0) is 19.9. The number of aromatic nitrogens is 3. The van der Waals surface area contributed by atoms with Gasteiger partial charge in [0.05, 0.1) is 24.9 Å². The Morgan fingerprint density at radius 1 is 1.17 bits per heavy atom. The van der Waals surface area contributed by atoms with Crippen LogP contribution in [0.2, 0.25) is 0 Å². The highest BCUT2D eigenvalue weighted by Crippen LogP contribution is 2.59. The van der Waals surface area contributed by atoms with Crippen LogP contribution < -0.4 is 5.32 Å². The van der Waals surface area contributed by atoms with E-state index in [0.29, 0.717) is 18.0 Å². The molecule has 3 fully saturated rings. The van der Waals surface area contributed by atoms with Crippen LogP contribution in [0.1, 0.15) is 50.9 Å². The maximum absolute atomic E-state index is 5.39. The Morgan fingerprint density at radius 3 is 2.59 bits per heavy atom. The number of pyridine rings is 1. The summed E-state index contributed by atoms with van der Waals surface area (Å²) >= 11 is 0. The summed E-state index contributed by atoms with van der Waals surface area (Å²) in [7, 11) is 0. The van der Waals surface area contributed by atoms with Crippen molar-refractivity contribution in [2.75, 3.05) is 38.2 Å². The molecule has 6 heteroatoms. The normalized spacial score (nSPS) is 30.2. The third-order valence-electron chi connectivity index (χ3n) is 7.56. The second-order valence-corrected chi connectivity index (χ2v) is 10.3. The van der Waals surface area contributed by atoms with Crippen molar-refractivity contribution in [3.8, 4) is 11.3 Å². The van der Waals surface area contributed by atoms with Gasteiger partial charge in [0.1, 0.15) is 5.82 Å². The lowest BCUT2D eigenvalue weighted by atomic mass is 9.87. The topological polar surface area (TPSA) is 55.2 Å². The molecule has 1 N–H and O–H groups in total. The number of likely N-dealkylation sites (tertiary alicyclic amines) is 1. The van der Waals surface area contributed by atoms with Crippen molar-refractivity contribution in [2.45, 2.75) is 51.1 Å². The van der Waals surface area contributed by atoms with Gasteiger partial charge in [0.2, 0.25) is 0 Å². The van der Waals surface area contributed by atoms with E-state index in [1.54, 1.807) is 0 Å². The van der Waals surface area contributed by atoms with E-state index in [-0.39, 0.29) is 5.41 Å². The van der Waals surface area contributed by atoms with Crippen LogP contribution in [0.5, 0.6) is 0 Å². The molecule has 0 spiro atoms. The Labute approximate surface area is 172 Å². The van der Waals surface area contributed by atoms with Crippen molar-refractivity contribution in [1.82, 2.24) is 19.7 Å². The lowest BCUT2D eigenvalue weighted by Gasteiger charge is -2.35. The van der Waals surface area contributed by atoms with Crippen molar-refractivity contribution in [3.05, 3.63) is 29.6 Å². The fraction of sp³-hybridized carbons (Fsp3) is 0.652. The number of hydrogen-bond donors (Lipinski definition) is 1. The van der Waals surface area contributed by atoms with E-state index in [4.69, 9.17) is 14.8 Å². The summed E-state index contributed by atoms with van der Waals surface area (Å²) in [6, 6.07) is 5.68. The molecule has 2 saturated heterocycles. The fourth-order valence-corrected chi connectivity index (χ4v) is 5.60. The van der Waals surface area contributed by atoms with Gasteiger partial charge in [-0.15, -0.1) is 0 Å². The van der Waals surface area contributed by atoms with Crippen LogP contribution in [0.3, 0.4) is 0 Å². The predicted molar refractivity (Wildman–Crippen MR) is 113 cm³/mol. The SMILES string of the molecule is CC(C)n1nc(-c2cnc3c(c2)C(C)(C)CN3)cc1[C@H]1[C@@H]2CN(C3COC3)C[C@@H]21. The van der Waals surface area contributed by atoms with Crippen molar-refractivity contribution in [1.29, 1.82) is 0 Å². The minimum absolute atomic E-state index is 0.115. The van der Waals surface area contributed by atoms with Gasteiger partial charge in [0, 0.05) is 60.0 Å². The molecular formula is C23H31N5O. The Bertz CT molecular complexity index is 948. The van der Waals surface area contributed by atoms with E-state index in [0.717, 1.165) is 48.7 Å². The fourth-order valence-electron chi connectivity index (χ4n) is 5.60. The van der Waals surface area contributed by atoms with Gasteiger partial charge in [-0.1, -0.05) is 13.8 Å². The van der Waals surface area contributed by atoms with Crippen LogP contribution in [0.25, 0.3) is 11.3 Å². The van der Waals surface area contributed by atoms with E-state index >= 15 is 0 Å². The van der Waals surface area contributed by atoms with Crippen molar-refractivity contribution in [2.24, 2.45) is 11.8 Å². The first-order valence-corrected chi connectivity index (χ1v) is 11.1. The molecule has 2 aromatic rings. The van der Waals surface area contributed by atoms with Crippen molar-refractivity contribution in [3.63, 3.8) is 0 Å². The molecule has 6 rings (SSSR count). The molecule has 6 nitrogen and oxygen atoms in total. The smallest absolute Gasteiger partial charge is 0.129 e. The van der Waals surface area contributed by atoms with Gasteiger partial charge in [0.25, 0.3) is 0 Å². The van der Waals surface area contributed by atoms with Crippen LogP contribution in [-0.2, 0) is 10.2 Å². The molecule has 0 amide bonds. The highest BCUT2D eigenvalue weighted by atomic mass is 16.5. The molecule has 4 aliphatic rings. The molecule has 0 aromatic carbocycles. The van der Waals surface area contributed by atoms with E-state index in [1.165, 1.54) is 24.3 Å². The molecule has 0 radical (unpaired) electrons. The van der Waals surface area contributed by atoms with E-state index < -0.39 is 0 Å². The first-order valence-electron chi connectivity index (χ1n) is 11.1. The summed E-state index contributed by atoms with van der Waals surface area (Å²) in [5.41, 5.74) is 5.05. The van der Waals surface area contributed by atoms with Gasteiger partial charge in [-0.2, -0.15) is 5.10 Å². The number of hydrogen-bond acceptors (Lipinski definition) is 5. The molecule has 5 heterocycles. The molecule has 154 valence electrons. The third-order valence-corrected chi connectivity index (χ3v) is 7.56. The second kappa shape index (κ2) is 6.05. The lowest BCUT2D eigenvalue weighted by Crippen LogP contribution is -2.48. The molecule has 0 bridgehead atoms. The molecule has 29 heavy (non-hydrogen) atoms. The van der Waals surface area contributed by atoms with E-state index in [9.17, 15) is 0 Å². The molecule has 3 aliphatic heterocycles. The van der Waals surface area contributed by atoms with Gasteiger partial charge in [-0.3, -0.25) is 9.58 Å². The number of nitrogens with zero attached hydrogens (tertiary/aromatic N) is 4. The maximum Gasteiger partial charge on any atom is 0.129 e. The number of anilines is 1. The summed E-state index contributed by atoms with van der Waals surface area (Å²) in [5.74, 6) is 3.27. The quantitative estimate of drug-likeness (QED) is 0.864. The van der Waals surface area contributed by atoms with Crippen LogP contribution in [-0.4, -0.2) is 58.6 Å².